The van der Waals surface area contributed by atoms with Gasteiger partial charge >= 0.3 is 13.8 Å². The number of hydrogen-bond donors (Lipinski definition) is 1. The van der Waals surface area contributed by atoms with E-state index in [1.54, 1.807) is 0 Å². The van der Waals surface area contributed by atoms with E-state index in [1.807, 2.05) is 0 Å². The second-order valence-electron chi connectivity index (χ2n) is 4.69. The molecule has 1 aromatic carbocycles. The van der Waals surface area contributed by atoms with Gasteiger partial charge in [-0.1, -0.05) is 0 Å². The SMILES string of the molecule is COP(=O)(CC(=O)c1cc2cc(COC(=O)O)oc2cc1F)OC. The van der Waals surface area contributed by atoms with Crippen LogP contribution in [0.4, 0.5) is 9.18 Å². The lowest BCUT2D eigenvalue weighted by molar-refractivity contribution is 0.0796. The highest BCUT2D eigenvalue weighted by atomic mass is 31.2. The zero-order valence-corrected chi connectivity index (χ0v) is 13.7. The Morgan fingerprint density at radius 3 is 2.50 bits per heavy atom. The number of furan rings is 1. The number of carbonyl (C=O) groups excluding carboxylic acids is 1. The van der Waals surface area contributed by atoms with Crippen molar-refractivity contribution in [3.05, 3.63) is 35.3 Å². The predicted molar refractivity (Wildman–Crippen MR) is 79.8 cm³/mol. The molecule has 8 nitrogen and oxygen atoms in total. The van der Waals surface area contributed by atoms with Crippen molar-refractivity contribution in [2.75, 3.05) is 20.4 Å². The summed E-state index contributed by atoms with van der Waals surface area (Å²) in [6.45, 7) is -0.350. The first-order valence-corrected chi connectivity index (χ1v) is 8.32. The van der Waals surface area contributed by atoms with E-state index in [2.05, 4.69) is 13.8 Å². The minimum absolute atomic E-state index is 0.120. The highest BCUT2D eigenvalue weighted by Gasteiger charge is 2.28. The van der Waals surface area contributed by atoms with E-state index in [0.29, 0.717) is 5.39 Å². The number of ketones is 1. The van der Waals surface area contributed by atoms with Gasteiger partial charge in [0.15, 0.2) is 12.4 Å². The first-order valence-electron chi connectivity index (χ1n) is 6.59. The highest BCUT2D eigenvalue weighted by Crippen LogP contribution is 2.46. The fraction of sp³-hybridized carbons (Fsp3) is 0.286. The number of benzene rings is 1. The third kappa shape index (κ3) is 4.00. The van der Waals surface area contributed by atoms with Gasteiger partial charge in [-0.15, -0.1) is 0 Å². The Hall–Kier alpha value is -2.22. The number of halogens is 1. The molecule has 0 amide bonds. The van der Waals surface area contributed by atoms with Gasteiger partial charge in [0.2, 0.25) is 0 Å². The summed E-state index contributed by atoms with van der Waals surface area (Å²) in [4.78, 5) is 22.5. The molecular weight excluding hydrogens is 346 g/mol. The molecule has 0 atom stereocenters. The Balaban J connectivity index is 2.31. The molecule has 0 saturated heterocycles. The van der Waals surface area contributed by atoms with Crippen molar-refractivity contribution in [3.63, 3.8) is 0 Å². The van der Waals surface area contributed by atoms with Gasteiger partial charge in [-0.05, 0) is 12.1 Å². The molecular formula is C14H14FO8P. The molecule has 0 spiro atoms. The van der Waals surface area contributed by atoms with Crippen LogP contribution in [0.1, 0.15) is 16.1 Å². The number of carbonyl (C=O) groups is 2. The summed E-state index contributed by atoms with van der Waals surface area (Å²) in [5, 5.41) is 8.82. The van der Waals surface area contributed by atoms with Crippen LogP contribution in [-0.4, -0.2) is 37.4 Å². The van der Waals surface area contributed by atoms with Gasteiger partial charge in [-0.25, -0.2) is 9.18 Å². The smallest absolute Gasteiger partial charge is 0.457 e. The van der Waals surface area contributed by atoms with Crippen LogP contribution in [0.25, 0.3) is 11.0 Å². The van der Waals surface area contributed by atoms with Crippen molar-refractivity contribution in [1.29, 1.82) is 0 Å². The van der Waals surface area contributed by atoms with Crippen LogP contribution in [0.15, 0.2) is 22.6 Å². The topological polar surface area (TPSA) is 112 Å². The summed E-state index contributed by atoms with van der Waals surface area (Å²) in [6.07, 6.45) is -2.10. The molecule has 2 aromatic rings. The van der Waals surface area contributed by atoms with E-state index < -0.39 is 31.5 Å². The summed E-state index contributed by atoms with van der Waals surface area (Å²) in [6, 6.07) is 3.62. The number of Topliss-reactive ketones (excluding diaryl/α,β-unsaturated/α-hetero) is 1. The molecule has 0 fully saturated rings. The van der Waals surface area contributed by atoms with Gasteiger partial charge in [-0.2, -0.15) is 0 Å². The molecule has 24 heavy (non-hydrogen) atoms. The molecule has 0 radical (unpaired) electrons. The number of ether oxygens (including phenoxy) is 1. The van der Waals surface area contributed by atoms with Crippen LogP contribution >= 0.6 is 7.60 Å². The fourth-order valence-corrected chi connectivity index (χ4v) is 2.93. The van der Waals surface area contributed by atoms with Crippen molar-refractivity contribution in [2.24, 2.45) is 0 Å². The molecule has 2 rings (SSSR count). The number of carboxylic acid groups (broad SMARTS) is 1. The minimum atomic E-state index is -3.62. The maximum Gasteiger partial charge on any atom is 0.506 e. The molecule has 1 heterocycles. The van der Waals surface area contributed by atoms with Crippen LogP contribution < -0.4 is 0 Å². The maximum absolute atomic E-state index is 14.1. The lowest BCUT2D eigenvalue weighted by Crippen LogP contribution is -2.10. The van der Waals surface area contributed by atoms with E-state index in [4.69, 9.17) is 9.52 Å². The number of rotatable bonds is 7. The van der Waals surface area contributed by atoms with Crippen LogP contribution in [0.5, 0.6) is 0 Å². The van der Waals surface area contributed by atoms with Crippen molar-refractivity contribution < 1.29 is 41.9 Å². The largest absolute Gasteiger partial charge is 0.506 e. The third-order valence-electron chi connectivity index (χ3n) is 3.19. The summed E-state index contributed by atoms with van der Waals surface area (Å²) >= 11 is 0. The molecule has 0 aliphatic heterocycles. The zero-order chi connectivity index (χ0) is 17.9. The molecule has 10 heteroatoms. The van der Waals surface area contributed by atoms with Crippen LogP contribution in [0.3, 0.4) is 0 Å². The second kappa shape index (κ2) is 7.12. The minimum Gasteiger partial charge on any atom is -0.457 e. The molecule has 0 bridgehead atoms. The lowest BCUT2D eigenvalue weighted by Gasteiger charge is -2.12. The van der Waals surface area contributed by atoms with Gasteiger partial charge in [-0.3, -0.25) is 9.36 Å². The van der Waals surface area contributed by atoms with Crippen molar-refractivity contribution in [2.45, 2.75) is 6.61 Å². The molecule has 0 unspecified atom stereocenters. The predicted octanol–water partition coefficient (Wildman–Crippen LogP) is 3.44. The highest BCUT2D eigenvalue weighted by molar-refractivity contribution is 7.54. The molecule has 0 aliphatic carbocycles. The van der Waals surface area contributed by atoms with E-state index in [1.165, 1.54) is 12.1 Å². The van der Waals surface area contributed by atoms with Gasteiger partial charge in [0.25, 0.3) is 0 Å². The van der Waals surface area contributed by atoms with Crippen molar-refractivity contribution >= 4 is 30.5 Å². The number of hydrogen-bond acceptors (Lipinski definition) is 7. The summed E-state index contributed by atoms with van der Waals surface area (Å²) in [7, 11) is -1.37. The molecule has 0 saturated carbocycles. The monoisotopic (exact) mass is 360 g/mol. The molecule has 0 aliphatic rings. The summed E-state index contributed by atoms with van der Waals surface area (Å²) in [5.41, 5.74) is -0.182. The Morgan fingerprint density at radius 1 is 1.25 bits per heavy atom. The first kappa shape index (κ1) is 18.1. The Bertz CT molecular complexity index is 820. The quantitative estimate of drug-likeness (QED) is 0.454. The third-order valence-corrected chi connectivity index (χ3v) is 4.98. The van der Waals surface area contributed by atoms with Gasteiger partial charge in [0, 0.05) is 25.7 Å². The normalized spacial score (nSPS) is 11.6. The van der Waals surface area contributed by atoms with E-state index in [0.717, 1.165) is 20.3 Å². The molecule has 1 N–H and O–H groups in total. The van der Waals surface area contributed by atoms with Crippen LogP contribution in [0.2, 0.25) is 0 Å². The van der Waals surface area contributed by atoms with E-state index >= 15 is 0 Å². The van der Waals surface area contributed by atoms with Gasteiger partial charge in [0.1, 0.15) is 23.3 Å². The maximum atomic E-state index is 14.1. The average molecular weight is 360 g/mol. The summed E-state index contributed by atoms with van der Waals surface area (Å²) in [5.74, 6) is -1.48. The fourth-order valence-electron chi connectivity index (χ4n) is 2.00. The average Bonchev–Trinajstić information content (AvgIpc) is 2.93. The number of fused-ring (bicyclic) bond motifs is 1. The lowest BCUT2D eigenvalue weighted by atomic mass is 10.1. The first-order chi connectivity index (χ1) is 11.3. The van der Waals surface area contributed by atoms with Crippen LogP contribution in [-0.2, 0) is 25.0 Å². The standard InChI is InChI=1S/C14H14FO8P/c1-20-24(19,21-2)7-12(16)10-4-8-3-9(6-22-14(17)18)23-13(8)5-11(10)15/h3-5H,6-7H2,1-2H3,(H,17,18). The Morgan fingerprint density at radius 2 is 1.92 bits per heavy atom. The molecule has 130 valence electrons. The van der Waals surface area contributed by atoms with E-state index in [-0.39, 0.29) is 23.5 Å². The molecule has 1 aromatic heterocycles. The van der Waals surface area contributed by atoms with Crippen molar-refractivity contribution in [1.82, 2.24) is 0 Å². The Labute approximate surface area is 135 Å². The van der Waals surface area contributed by atoms with Gasteiger partial charge in [0.05, 0.1) is 5.56 Å². The van der Waals surface area contributed by atoms with Crippen molar-refractivity contribution in [3.8, 4) is 0 Å². The van der Waals surface area contributed by atoms with Crippen LogP contribution in [0, 0.1) is 5.82 Å². The van der Waals surface area contributed by atoms with E-state index in [9.17, 15) is 18.5 Å². The Kier molecular flexibility index (Phi) is 5.38. The second-order valence-corrected chi connectivity index (χ2v) is 6.96. The van der Waals surface area contributed by atoms with Gasteiger partial charge < -0.3 is 23.3 Å². The zero-order valence-electron chi connectivity index (χ0n) is 12.8. The summed E-state index contributed by atoms with van der Waals surface area (Å²) < 4.78 is 45.0.